The van der Waals surface area contributed by atoms with E-state index in [0.717, 1.165) is 20.6 Å². The first kappa shape index (κ1) is 19.5. The monoisotopic (exact) mass is 382 g/mol. The lowest BCUT2D eigenvalue weighted by Crippen LogP contribution is -2.19. The number of nitrogens with zero attached hydrogens (tertiary/aromatic N) is 2. The molecular formula is C22H26N2O2S. The maximum Gasteiger partial charge on any atom is 0.279 e. The summed E-state index contributed by atoms with van der Waals surface area (Å²) in [6.45, 7) is 12.2. The summed E-state index contributed by atoms with van der Waals surface area (Å²) in [6, 6.07) is 10.1. The molecule has 0 aliphatic heterocycles. The second kappa shape index (κ2) is 8.19. The first-order valence-electron chi connectivity index (χ1n) is 9.25. The van der Waals surface area contributed by atoms with Crippen LogP contribution in [0.2, 0.25) is 0 Å². The van der Waals surface area contributed by atoms with Gasteiger partial charge in [-0.3, -0.25) is 4.79 Å². The summed E-state index contributed by atoms with van der Waals surface area (Å²) in [5.41, 5.74) is 6.48. The van der Waals surface area contributed by atoms with Crippen LogP contribution in [-0.4, -0.2) is 23.7 Å². The van der Waals surface area contributed by atoms with Gasteiger partial charge in [0.1, 0.15) is 0 Å². The maximum absolute atomic E-state index is 12.8. The van der Waals surface area contributed by atoms with Gasteiger partial charge in [-0.15, -0.1) is 0 Å². The number of fused-ring (bicyclic) bond motifs is 1. The number of hydrogen-bond acceptors (Lipinski definition) is 3. The van der Waals surface area contributed by atoms with E-state index < -0.39 is 0 Å². The van der Waals surface area contributed by atoms with Crippen molar-refractivity contribution in [3.63, 3.8) is 0 Å². The minimum absolute atomic E-state index is 0.205. The van der Waals surface area contributed by atoms with Gasteiger partial charge in [0, 0.05) is 18.7 Å². The number of ether oxygens (including phenoxy) is 1. The topological polar surface area (TPSA) is 43.6 Å². The number of benzene rings is 2. The Labute approximate surface area is 164 Å². The van der Waals surface area contributed by atoms with Gasteiger partial charge in [0.05, 0.1) is 16.8 Å². The molecule has 1 heterocycles. The molecular weight excluding hydrogens is 356 g/mol. The van der Waals surface area contributed by atoms with Crippen LogP contribution in [0.25, 0.3) is 10.2 Å². The fourth-order valence-electron chi connectivity index (χ4n) is 2.95. The first-order chi connectivity index (χ1) is 12.9. The number of carbonyl (C=O) groups excluding carboxylic acids is 1. The third-order valence-corrected chi connectivity index (χ3v) is 5.95. The largest absolute Gasteiger partial charge is 0.380 e. The van der Waals surface area contributed by atoms with E-state index in [-0.39, 0.29) is 5.91 Å². The van der Waals surface area contributed by atoms with Crippen LogP contribution in [0.4, 0.5) is 0 Å². The van der Waals surface area contributed by atoms with E-state index in [2.05, 4.69) is 35.5 Å². The van der Waals surface area contributed by atoms with Crippen LogP contribution >= 0.6 is 11.3 Å². The van der Waals surface area contributed by atoms with Gasteiger partial charge in [-0.2, -0.15) is 4.99 Å². The molecule has 142 valence electrons. The van der Waals surface area contributed by atoms with Gasteiger partial charge >= 0.3 is 0 Å². The highest BCUT2D eigenvalue weighted by Crippen LogP contribution is 2.22. The number of hydrogen-bond donors (Lipinski definition) is 0. The van der Waals surface area contributed by atoms with E-state index in [0.29, 0.717) is 25.3 Å². The van der Waals surface area contributed by atoms with E-state index in [1.165, 1.54) is 16.7 Å². The summed E-state index contributed by atoms with van der Waals surface area (Å²) >= 11 is 1.56. The molecule has 0 fully saturated rings. The highest BCUT2D eigenvalue weighted by atomic mass is 32.1. The lowest BCUT2D eigenvalue weighted by atomic mass is 10.1. The third-order valence-electron chi connectivity index (χ3n) is 4.91. The average Bonchev–Trinajstić information content (AvgIpc) is 2.94. The van der Waals surface area contributed by atoms with Crippen molar-refractivity contribution in [2.24, 2.45) is 4.99 Å². The Morgan fingerprint density at radius 2 is 1.74 bits per heavy atom. The van der Waals surface area contributed by atoms with Crippen LogP contribution in [0.3, 0.4) is 0 Å². The molecule has 3 rings (SSSR count). The molecule has 0 unspecified atom stereocenters. The summed E-state index contributed by atoms with van der Waals surface area (Å²) < 4.78 is 8.78. The molecule has 0 aliphatic carbocycles. The number of aromatic nitrogens is 1. The summed E-state index contributed by atoms with van der Waals surface area (Å²) in [4.78, 5) is 17.9. The van der Waals surface area contributed by atoms with Crippen molar-refractivity contribution >= 4 is 27.5 Å². The van der Waals surface area contributed by atoms with Crippen molar-refractivity contribution in [1.82, 2.24) is 4.57 Å². The smallest absolute Gasteiger partial charge is 0.279 e. The molecule has 0 atom stereocenters. The minimum Gasteiger partial charge on any atom is -0.380 e. The van der Waals surface area contributed by atoms with E-state index in [4.69, 9.17) is 4.74 Å². The van der Waals surface area contributed by atoms with Crippen molar-refractivity contribution < 1.29 is 9.53 Å². The zero-order chi connectivity index (χ0) is 19.6. The fourth-order valence-corrected chi connectivity index (χ4v) is 4.08. The Balaban J connectivity index is 2.10. The maximum atomic E-state index is 12.8. The van der Waals surface area contributed by atoms with Crippen LogP contribution in [-0.2, 0) is 11.3 Å². The van der Waals surface area contributed by atoms with Gasteiger partial charge in [-0.1, -0.05) is 17.4 Å². The highest BCUT2D eigenvalue weighted by Gasteiger charge is 2.11. The Kier molecular flexibility index (Phi) is 5.92. The van der Waals surface area contributed by atoms with Gasteiger partial charge in [0.15, 0.2) is 4.80 Å². The van der Waals surface area contributed by atoms with E-state index in [1.54, 1.807) is 11.3 Å². The number of aryl methyl sites for hydroxylation is 4. The molecule has 0 N–H and O–H groups in total. The van der Waals surface area contributed by atoms with Crippen molar-refractivity contribution in [2.75, 3.05) is 13.2 Å². The Bertz CT molecular complexity index is 1060. The van der Waals surface area contributed by atoms with Crippen LogP contribution < -0.4 is 4.80 Å². The Morgan fingerprint density at radius 3 is 2.44 bits per heavy atom. The van der Waals surface area contributed by atoms with E-state index >= 15 is 0 Å². The second-order valence-corrected chi connectivity index (χ2v) is 7.86. The molecule has 0 aliphatic rings. The number of amides is 1. The second-order valence-electron chi connectivity index (χ2n) is 6.85. The van der Waals surface area contributed by atoms with Crippen molar-refractivity contribution in [3.05, 3.63) is 63.0 Å². The molecule has 4 nitrogen and oxygen atoms in total. The van der Waals surface area contributed by atoms with Gasteiger partial charge in [-0.05, 0) is 81.1 Å². The van der Waals surface area contributed by atoms with Crippen molar-refractivity contribution in [2.45, 2.75) is 41.2 Å². The predicted molar refractivity (Wildman–Crippen MR) is 112 cm³/mol. The molecule has 1 aromatic heterocycles. The molecule has 0 spiro atoms. The molecule has 1 amide bonds. The zero-order valence-corrected chi connectivity index (χ0v) is 17.4. The van der Waals surface area contributed by atoms with Crippen LogP contribution in [0.1, 0.15) is 39.5 Å². The first-order valence-corrected chi connectivity index (χ1v) is 10.1. The van der Waals surface area contributed by atoms with Gasteiger partial charge < -0.3 is 9.30 Å². The van der Waals surface area contributed by atoms with E-state index in [9.17, 15) is 4.79 Å². The molecule has 2 aromatic carbocycles. The number of thiazole rings is 1. The summed E-state index contributed by atoms with van der Waals surface area (Å²) in [5, 5.41) is 0. The summed E-state index contributed by atoms with van der Waals surface area (Å²) in [7, 11) is 0. The normalized spacial score (nSPS) is 12.1. The molecule has 0 bridgehead atoms. The predicted octanol–water partition coefficient (Wildman–Crippen LogP) is 4.71. The van der Waals surface area contributed by atoms with Gasteiger partial charge in [-0.25, -0.2) is 0 Å². The summed E-state index contributed by atoms with van der Waals surface area (Å²) in [5.74, 6) is -0.205. The van der Waals surface area contributed by atoms with E-state index in [1.807, 2.05) is 39.0 Å². The van der Waals surface area contributed by atoms with Crippen LogP contribution in [0.15, 0.2) is 35.3 Å². The quantitative estimate of drug-likeness (QED) is 0.600. The van der Waals surface area contributed by atoms with Crippen LogP contribution in [0.5, 0.6) is 0 Å². The van der Waals surface area contributed by atoms with Crippen molar-refractivity contribution in [1.29, 1.82) is 0 Å². The molecule has 0 saturated heterocycles. The molecule has 27 heavy (non-hydrogen) atoms. The Hall–Kier alpha value is -2.24. The molecule has 0 radical (unpaired) electrons. The Morgan fingerprint density at radius 1 is 1.04 bits per heavy atom. The van der Waals surface area contributed by atoms with Crippen molar-refractivity contribution in [3.8, 4) is 0 Å². The van der Waals surface area contributed by atoms with Gasteiger partial charge in [0.2, 0.25) is 0 Å². The lowest BCUT2D eigenvalue weighted by molar-refractivity contribution is 0.0996. The highest BCUT2D eigenvalue weighted by molar-refractivity contribution is 7.16. The number of rotatable bonds is 5. The molecule has 3 aromatic rings. The standard InChI is InChI=1S/C22H26N2O2S/c1-6-26-10-9-24-19-12-16(4)17(5)13-20(19)27-22(24)23-21(25)18-8-7-14(2)15(3)11-18/h7-8,11-13H,6,9-10H2,1-5H3. The molecule has 5 heteroatoms. The minimum atomic E-state index is -0.205. The van der Waals surface area contributed by atoms with Gasteiger partial charge in [0.25, 0.3) is 5.91 Å². The summed E-state index contributed by atoms with van der Waals surface area (Å²) in [6.07, 6.45) is 0. The lowest BCUT2D eigenvalue weighted by Gasteiger charge is -2.07. The van der Waals surface area contributed by atoms with Crippen LogP contribution in [0, 0.1) is 27.7 Å². The zero-order valence-electron chi connectivity index (χ0n) is 16.6. The molecule has 0 saturated carbocycles. The fraction of sp³-hybridized carbons (Fsp3) is 0.364. The third kappa shape index (κ3) is 4.20. The SMILES string of the molecule is CCOCCn1c(=NC(=O)c2ccc(C)c(C)c2)sc2cc(C)c(C)cc21. The number of carbonyl (C=O) groups is 1. The average molecular weight is 383 g/mol.